The van der Waals surface area contributed by atoms with Gasteiger partial charge in [-0.3, -0.25) is 23.9 Å². The number of ketones is 1. The molecule has 51 heavy (non-hydrogen) atoms. The van der Waals surface area contributed by atoms with Gasteiger partial charge >= 0.3 is 5.97 Å². The monoisotopic (exact) mass is 697 g/mol. The van der Waals surface area contributed by atoms with Gasteiger partial charge < -0.3 is 19.7 Å². The van der Waals surface area contributed by atoms with Crippen LogP contribution in [0.5, 0.6) is 0 Å². The van der Waals surface area contributed by atoms with Gasteiger partial charge in [-0.2, -0.15) is 4.98 Å². The summed E-state index contributed by atoms with van der Waals surface area (Å²) in [4.78, 5) is 57.9. The first-order chi connectivity index (χ1) is 24.5. The number of nitrogens with zero attached hydrogens (tertiary/aromatic N) is 6. The zero-order chi connectivity index (χ0) is 35.9. The van der Waals surface area contributed by atoms with Crippen LogP contribution in [-0.2, 0) is 14.3 Å². The number of esters is 1. The van der Waals surface area contributed by atoms with E-state index in [1.165, 1.54) is 12.5 Å². The van der Waals surface area contributed by atoms with Crippen LogP contribution in [0.2, 0.25) is 0 Å². The molecule has 7 rings (SSSR count). The topological polar surface area (TPSA) is 132 Å². The average molecular weight is 698 g/mol. The molecular formula is C39H51N7O5. The van der Waals surface area contributed by atoms with E-state index >= 15 is 0 Å². The zero-order valence-electron chi connectivity index (χ0n) is 30.6. The van der Waals surface area contributed by atoms with E-state index in [9.17, 15) is 14.4 Å². The van der Waals surface area contributed by atoms with Crippen LogP contribution in [0.25, 0.3) is 11.0 Å². The summed E-state index contributed by atoms with van der Waals surface area (Å²) in [5.41, 5.74) is 3.12. The first-order valence-electron chi connectivity index (χ1n) is 18.6. The summed E-state index contributed by atoms with van der Waals surface area (Å²) >= 11 is 0. The summed E-state index contributed by atoms with van der Waals surface area (Å²) in [5.74, 6) is 0.364. The maximum absolute atomic E-state index is 13.6. The minimum Gasteiger partial charge on any atom is -0.435 e. The Bertz CT molecular complexity index is 1870. The minimum absolute atomic E-state index is 0.0114. The van der Waals surface area contributed by atoms with Gasteiger partial charge in [0, 0.05) is 56.3 Å². The number of allylic oxidation sites excluding steroid dienone is 2. The number of carbonyl (C=O) groups excluding carboxylic acids is 2. The molecule has 0 bridgehead atoms. The molecule has 12 heteroatoms. The predicted molar refractivity (Wildman–Crippen MR) is 196 cm³/mol. The summed E-state index contributed by atoms with van der Waals surface area (Å²) < 4.78 is 14.0. The van der Waals surface area contributed by atoms with Gasteiger partial charge in [-0.1, -0.05) is 24.5 Å². The largest absolute Gasteiger partial charge is 0.435 e. The predicted octanol–water partition coefficient (Wildman–Crippen LogP) is 6.11. The summed E-state index contributed by atoms with van der Waals surface area (Å²) in [5, 5.41) is 3.93. The Labute approximate surface area is 299 Å². The van der Waals surface area contributed by atoms with Gasteiger partial charge in [-0.25, -0.2) is 9.97 Å². The van der Waals surface area contributed by atoms with Crippen LogP contribution in [0.3, 0.4) is 0 Å². The van der Waals surface area contributed by atoms with E-state index in [-0.39, 0.29) is 46.4 Å². The molecule has 1 N–H and O–H groups in total. The summed E-state index contributed by atoms with van der Waals surface area (Å²) in [7, 11) is 0. The van der Waals surface area contributed by atoms with Crippen LogP contribution in [0, 0.1) is 18.8 Å². The van der Waals surface area contributed by atoms with Gasteiger partial charge in [0.1, 0.15) is 11.5 Å². The number of hydrogen-bond acceptors (Lipinski definition) is 11. The van der Waals surface area contributed by atoms with E-state index in [1.807, 2.05) is 18.3 Å². The number of ether oxygens (including phenoxy) is 2. The molecule has 3 aromatic rings. The third-order valence-electron chi connectivity index (χ3n) is 11.3. The smallest absolute Gasteiger partial charge is 0.313 e. The molecule has 3 fully saturated rings. The first kappa shape index (κ1) is 35.3. The second-order valence-corrected chi connectivity index (χ2v) is 15.5. The molecule has 272 valence electrons. The van der Waals surface area contributed by atoms with Crippen LogP contribution in [-0.4, -0.2) is 80.8 Å². The summed E-state index contributed by atoms with van der Waals surface area (Å²) in [6, 6.07) is 3.97. The molecule has 2 saturated heterocycles. The SMILES string of the molecule is CC(=O)c1c(C)c2cnc(Nc3ccc(N4CCN(CC5C(=O)O[C@@H]6OC(C)(C)CCC/C=C(\C)C[C@@H]56)CC4)cn3)nc2n(C2CCCC2)c1=O. The van der Waals surface area contributed by atoms with Crippen LogP contribution < -0.4 is 15.8 Å². The minimum atomic E-state index is -0.501. The fraction of sp³-hybridized carbons (Fsp3) is 0.590. The van der Waals surface area contributed by atoms with Crippen molar-refractivity contribution in [1.82, 2.24) is 24.4 Å². The lowest BCUT2D eigenvalue weighted by atomic mass is 9.86. The molecule has 4 aliphatic rings. The molecular weight excluding hydrogens is 646 g/mol. The molecule has 0 radical (unpaired) electrons. The molecule has 3 aliphatic heterocycles. The van der Waals surface area contributed by atoms with Crippen molar-refractivity contribution in [3.05, 3.63) is 57.7 Å². The number of nitrogens with one attached hydrogen (secondary N) is 1. The van der Waals surface area contributed by atoms with E-state index in [0.717, 1.165) is 83.2 Å². The second-order valence-electron chi connectivity index (χ2n) is 15.5. The van der Waals surface area contributed by atoms with Gasteiger partial charge in [0.15, 0.2) is 5.78 Å². The molecule has 1 saturated carbocycles. The Morgan fingerprint density at radius 3 is 2.49 bits per heavy atom. The van der Waals surface area contributed by atoms with Gasteiger partial charge in [0.25, 0.3) is 5.56 Å². The number of carbonyl (C=O) groups is 2. The third-order valence-corrected chi connectivity index (χ3v) is 11.3. The van der Waals surface area contributed by atoms with Crippen LogP contribution in [0.4, 0.5) is 17.5 Å². The van der Waals surface area contributed by atoms with E-state index in [1.54, 1.807) is 17.7 Å². The van der Waals surface area contributed by atoms with Crippen molar-refractivity contribution >= 4 is 40.2 Å². The van der Waals surface area contributed by atoms with Crippen molar-refractivity contribution in [2.75, 3.05) is 42.9 Å². The lowest BCUT2D eigenvalue weighted by molar-refractivity contribution is -0.201. The maximum Gasteiger partial charge on any atom is 0.313 e. The van der Waals surface area contributed by atoms with Gasteiger partial charge in [-0.15, -0.1) is 0 Å². The molecule has 6 heterocycles. The number of rotatable bonds is 7. The maximum atomic E-state index is 13.6. The number of hydrogen-bond donors (Lipinski definition) is 1. The van der Waals surface area contributed by atoms with Crippen molar-refractivity contribution in [3.8, 4) is 0 Å². The molecule has 3 aromatic heterocycles. The lowest BCUT2D eigenvalue weighted by Crippen LogP contribution is -2.49. The van der Waals surface area contributed by atoms with Crippen LogP contribution >= 0.6 is 0 Å². The molecule has 1 unspecified atom stereocenters. The lowest BCUT2D eigenvalue weighted by Gasteiger charge is -2.37. The van der Waals surface area contributed by atoms with E-state index in [4.69, 9.17) is 14.5 Å². The number of Topliss-reactive ketones (excluding diaryl/α,β-unsaturated/α-hetero) is 1. The van der Waals surface area contributed by atoms with E-state index in [2.05, 4.69) is 51.9 Å². The van der Waals surface area contributed by atoms with Crippen LogP contribution in [0.15, 0.2) is 41.0 Å². The quantitative estimate of drug-likeness (QED) is 0.174. The molecule has 12 nitrogen and oxygen atoms in total. The average Bonchev–Trinajstić information content (AvgIpc) is 3.71. The number of aromatic nitrogens is 4. The Kier molecular flexibility index (Phi) is 9.99. The number of fused-ring (bicyclic) bond motifs is 2. The highest BCUT2D eigenvalue weighted by atomic mass is 16.7. The number of anilines is 3. The van der Waals surface area contributed by atoms with Crippen LogP contribution in [0.1, 0.15) is 101 Å². The van der Waals surface area contributed by atoms with Crippen molar-refractivity contribution < 1.29 is 19.1 Å². The van der Waals surface area contributed by atoms with E-state index < -0.39 is 6.29 Å². The van der Waals surface area contributed by atoms with Crippen molar-refractivity contribution in [2.24, 2.45) is 11.8 Å². The van der Waals surface area contributed by atoms with Crippen molar-refractivity contribution in [2.45, 2.75) is 104 Å². The van der Waals surface area contributed by atoms with Gasteiger partial charge in [0.2, 0.25) is 12.2 Å². The first-order valence-corrected chi connectivity index (χ1v) is 18.6. The van der Waals surface area contributed by atoms with Gasteiger partial charge in [-0.05, 0) is 90.8 Å². The summed E-state index contributed by atoms with van der Waals surface area (Å²) in [6.45, 7) is 13.6. The highest BCUT2D eigenvalue weighted by molar-refractivity contribution is 5.99. The highest BCUT2D eigenvalue weighted by Crippen LogP contribution is 2.39. The third kappa shape index (κ3) is 7.44. The highest BCUT2D eigenvalue weighted by Gasteiger charge is 2.48. The molecule has 3 atom stereocenters. The zero-order valence-corrected chi connectivity index (χ0v) is 30.6. The van der Waals surface area contributed by atoms with Gasteiger partial charge in [0.05, 0.1) is 29.0 Å². The Balaban J connectivity index is 1.00. The molecule has 0 aromatic carbocycles. The number of pyridine rings is 2. The Hall–Kier alpha value is -4.16. The number of piperazine rings is 1. The molecule has 0 spiro atoms. The summed E-state index contributed by atoms with van der Waals surface area (Å²) in [6.07, 6.45) is 13.1. The fourth-order valence-electron chi connectivity index (χ4n) is 8.46. The Morgan fingerprint density at radius 1 is 1.02 bits per heavy atom. The molecule has 1 aliphatic carbocycles. The molecule has 0 amide bonds. The fourth-order valence-corrected chi connectivity index (χ4v) is 8.46. The van der Waals surface area contributed by atoms with Crippen molar-refractivity contribution in [3.63, 3.8) is 0 Å². The van der Waals surface area contributed by atoms with E-state index in [0.29, 0.717) is 34.9 Å². The standard InChI is InChI=1S/C39H51N7O5/c1-24-10-8-9-15-39(4,5)51-37-29(20-24)31(36(49)50-37)23-44-16-18-45(19-17-44)28-13-14-32(40-21-28)42-38-41-22-30-25(2)33(26(3)47)35(48)46(34(30)43-38)27-11-6-7-12-27/h10,13-14,21-22,27,29,31,37H,6-9,11-12,15-20,23H2,1-5H3,(H,40,41,42,43)/b24-10+/t29-,31?,37+/m0/s1. The second kappa shape index (κ2) is 14.5. The van der Waals surface area contributed by atoms with Crippen molar-refractivity contribution in [1.29, 1.82) is 0 Å². The normalized spacial score (nSPS) is 25.7. The number of aryl methyl sites for hydroxylation is 1. The Morgan fingerprint density at radius 2 is 1.78 bits per heavy atom.